The lowest BCUT2D eigenvalue weighted by molar-refractivity contribution is -0.123. The number of anilines is 2. The first-order chi connectivity index (χ1) is 13.6. The number of rotatable bonds is 4. The van der Waals surface area contributed by atoms with E-state index in [0.717, 1.165) is 37.6 Å². The van der Waals surface area contributed by atoms with Crippen LogP contribution in [0.5, 0.6) is 5.75 Å². The first-order valence-corrected chi connectivity index (χ1v) is 9.70. The summed E-state index contributed by atoms with van der Waals surface area (Å²) in [6.07, 6.45) is 0.218. The van der Waals surface area contributed by atoms with Gasteiger partial charge in [0.25, 0.3) is 5.91 Å². The Bertz CT molecular complexity index is 879. The van der Waals surface area contributed by atoms with Crippen LogP contribution < -0.4 is 14.5 Å². The topological polar surface area (TPSA) is 53.1 Å². The van der Waals surface area contributed by atoms with Crippen LogP contribution in [0.25, 0.3) is 0 Å². The van der Waals surface area contributed by atoms with Crippen molar-refractivity contribution in [2.24, 2.45) is 0 Å². The molecule has 4 rings (SSSR count). The Labute approximate surface area is 169 Å². The van der Waals surface area contributed by atoms with Crippen LogP contribution >= 0.6 is 11.6 Å². The van der Waals surface area contributed by atoms with Gasteiger partial charge >= 0.3 is 0 Å². The number of amides is 2. The van der Waals surface area contributed by atoms with Gasteiger partial charge in [0.2, 0.25) is 5.91 Å². The summed E-state index contributed by atoms with van der Waals surface area (Å²) in [4.78, 5) is 31.1. The lowest BCUT2D eigenvalue weighted by Crippen LogP contribution is -2.52. The van der Waals surface area contributed by atoms with Crippen molar-refractivity contribution >= 4 is 34.8 Å². The van der Waals surface area contributed by atoms with Gasteiger partial charge in [-0.1, -0.05) is 23.7 Å². The molecule has 0 aromatic heterocycles. The number of carbonyl (C=O) groups is 2. The van der Waals surface area contributed by atoms with E-state index in [1.807, 2.05) is 24.3 Å². The summed E-state index contributed by atoms with van der Waals surface area (Å²) in [6.45, 7) is 2.99. The van der Waals surface area contributed by atoms with Crippen LogP contribution in [0, 0.1) is 0 Å². The number of imide groups is 1. The molecule has 146 valence electrons. The maximum atomic E-state index is 12.9. The Hall–Kier alpha value is -2.57. The fourth-order valence-electron chi connectivity index (χ4n) is 3.93. The molecular weight excluding hydrogens is 378 g/mol. The molecule has 2 aliphatic heterocycles. The number of methoxy groups -OCH3 is 1. The first kappa shape index (κ1) is 18.8. The lowest BCUT2D eigenvalue weighted by atomic mass is 10.1. The fourth-order valence-corrected chi connectivity index (χ4v) is 4.05. The van der Waals surface area contributed by atoms with Crippen molar-refractivity contribution < 1.29 is 14.3 Å². The number of para-hydroxylation sites is 2. The highest BCUT2D eigenvalue weighted by Crippen LogP contribution is 2.31. The number of hydrogen-bond donors (Lipinski definition) is 0. The van der Waals surface area contributed by atoms with Gasteiger partial charge in [0.15, 0.2) is 0 Å². The van der Waals surface area contributed by atoms with Crippen LogP contribution in [-0.2, 0) is 9.59 Å². The molecule has 2 heterocycles. The third kappa shape index (κ3) is 3.45. The molecule has 0 unspecified atom stereocenters. The largest absolute Gasteiger partial charge is 0.495 e. The van der Waals surface area contributed by atoms with Crippen molar-refractivity contribution in [3.05, 3.63) is 53.6 Å². The average molecular weight is 400 g/mol. The molecule has 2 aliphatic rings. The minimum atomic E-state index is -0.400. The van der Waals surface area contributed by atoms with Crippen molar-refractivity contribution in [3.63, 3.8) is 0 Å². The van der Waals surface area contributed by atoms with Crippen LogP contribution in [0.1, 0.15) is 6.42 Å². The van der Waals surface area contributed by atoms with E-state index in [-0.39, 0.29) is 18.2 Å². The highest BCUT2D eigenvalue weighted by Gasteiger charge is 2.43. The molecule has 7 heteroatoms. The summed E-state index contributed by atoms with van der Waals surface area (Å²) in [5, 5.41) is 0.576. The Morgan fingerprint density at radius 3 is 2.32 bits per heavy atom. The Kier molecular flexibility index (Phi) is 5.24. The molecule has 1 atom stereocenters. The molecule has 0 N–H and O–H groups in total. The highest BCUT2D eigenvalue weighted by molar-refractivity contribution is 6.30. The standard InChI is InChI=1S/C21H22ClN3O3/c1-28-19-5-3-2-4-17(19)23-10-12-24(13-11-23)18-14-20(26)25(21(18)27)16-8-6-15(22)7-9-16/h2-9,18H,10-14H2,1H3/t18-/m1/s1. The van der Waals surface area contributed by atoms with Gasteiger partial charge in [-0.2, -0.15) is 0 Å². The summed E-state index contributed by atoms with van der Waals surface area (Å²) in [5.41, 5.74) is 1.64. The maximum absolute atomic E-state index is 12.9. The number of carbonyl (C=O) groups excluding carboxylic acids is 2. The van der Waals surface area contributed by atoms with Crippen molar-refractivity contribution in [1.82, 2.24) is 4.90 Å². The molecule has 28 heavy (non-hydrogen) atoms. The molecule has 0 spiro atoms. The predicted octanol–water partition coefficient (Wildman–Crippen LogP) is 2.80. The Morgan fingerprint density at radius 2 is 1.64 bits per heavy atom. The smallest absolute Gasteiger partial charge is 0.251 e. The van der Waals surface area contributed by atoms with Gasteiger partial charge in [0, 0.05) is 31.2 Å². The van der Waals surface area contributed by atoms with Crippen LogP contribution in [0.4, 0.5) is 11.4 Å². The van der Waals surface area contributed by atoms with Gasteiger partial charge in [-0.05, 0) is 36.4 Å². The number of benzene rings is 2. The number of hydrogen-bond acceptors (Lipinski definition) is 5. The molecule has 2 fully saturated rings. The minimum absolute atomic E-state index is 0.155. The first-order valence-electron chi connectivity index (χ1n) is 9.33. The van der Waals surface area contributed by atoms with Crippen LogP contribution in [0.3, 0.4) is 0 Å². The van der Waals surface area contributed by atoms with Crippen LogP contribution in [0.2, 0.25) is 5.02 Å². The van der Waals surface area contributed by atoms with E-state index in [1.54, 1.807) is 31.4 Å². The van der Waals surface area contributed by atoms with Gasteiger partial charge in [0.05, 0.1) is 30.9 Å². The zero-order valence-corrected chi connectivity index (χ0v) is 16.4. The third-order valence-corrected chi connectivity index (χ3v) is 5.64. The second-order valence-electron chi connectivity index (χ2n) is 6.96. The zero-order chi connectivity index (χ0) is 19.7. The SMILES string of the molecule is COc1ccccc1N1CCN([C@@H]2CC(=O)N(c3ccc(Cl)cc3)C2=O)CC1. The number of halogens is 1. The van der Waals surface area contributed by atoms with Gasteiger partial charge < -0.3 is 9.64 Å². The van der Waals surface area contributed by atoms with Crippen LogP contribution in [-0.4, -0.2) is 56.0 Å². The van der Waals surface area contributed by atoms with Crippen molar-refractivity contribution in [3.8, 4) is 5.75 Å². The molecule has 2 saturated heterocycles. The monoisotopic (exact) mass is 399 g/mol. The normalized spacial score (nSPS) is 20.7. The summed E-state index contributed by atoms with van der Waals surface area (Å²) < 4.78 is 5.46. The molecule has 2 aromatic carbocycles. The molecule has 2 amide bonds. The summed E-state index contributed by atoms with van der Waals surface area (Å²) >= 11 is 5.92. The quantitative estimate of drug-likeness (QED) is 0.740. The van der Waals surface area contributed by atoms with Gasteiger partial charge in [-0.25, -0.2) is 4.90 Å². The third-order valence-electron chi connectivity index (χ3n) is 5.39. The van der Waals surface area contributed by atoms with E-state index in [0.29, 0.717) is 10.7 Å². The molecular formula is C21H22ClN3O3. The van der Waals surface area contributed by atoms with E-state index in [1.165, 1.54) is 4.90 Å². The van der Waals surface area contributed by atoms with E-state index in [4.69, 9.17) is 16.3 Å². The molecule has 6 nitrogen and oxygen atoms in total. The summed E-state index contributed by atoms with van der Waals surface area (Å²) in [7, 11) is 1.67. The fraction of sp³-hybridized carbons (Fsp3) is 0.333. The maximum Gasteiger partial charge on any atom is 0.251 e. The minimum Gasteiger partial charge on any atom is -0.495 e. The van der Waals surface area contributed by atoms with Gasteiger partial charge in [-0.15, -0.1) is 0 Å². The van der Waals surface area contributed by atoms with Crippen molar-refractivity contribution in [1.29, 1.82) is 0 Å². The predicted molar refractivity (Wildman–Crippen MR) is 109 cm³/mol. The van der Waals surface area contributed by atoms with E-state index < -0.39 is 6.04 Å². The molecule has 0 aliphatic carbocycles. The molecule has 2 aromatic rings. The van der Waals surface area contributed by atoms with E-state index >= 15 is 0 Å². The second kappa shape index (κ2) is 7.81. The zero-order valence-electron chi connectivity index (χ0n) is 15.7. The van der Waals surface area contributed by atoms with Crippen LogP contribution in [0.15, 0.2) is 48.5 Å². The Morgan fingerprint density at radius 1 is 0.964 bits per heavy atom. The number of ether oxygens (including phenoxy) is 1. The van der Waals surface area contributed by atoms with E-state index in [9.17, 15) is 9.59 Å². The highest BCUT2D eigenvalue weighted by atomic mass is 35.5. The molecule has 0 saturated carbocycles. The van der Waals surface area contributed by atoms with E-state index in [2.05, 4.69) is 9.80 Å². The second-order valence-corrected chi connectivity index (χ2v) is 7.40. The summed E-state index contributed by atoms with van der Waals surface area (Å²) in [5.74, 6) is 0.527. The van der Waals surface area contributed by atoms with Crippen molar-refractivity contribution in [2.45, 2.75) is 12.5 Å². The summed E-state index contributed by atoms with van der Waals surface area (Å²) in [6, 6.07) is 14.3. The molecule has 0 bridgehead atoms. The van der Waals surface area contributed by atoms with Crippen molar-refractivity contribution in [2.75, 3.05) is 43.1 Å². The average Bonchev–Trinajstić information content (AvgIpc) is 3.03. The number of piperazine rings is 1. The molecule has 0 radical (unpaired) electrons. The lowest BCUT2D eigenvalue weighted by Gasteiger charge is -2.38. The Balaban J connectivity index is 1.44. The number of nitrogens with zero attached hydrogens (tertiary/aromatic N) is 3. The van der Waals surface area contributed by atoms with Gasteiger partial charge in [-0.3, -0.25) is 14.5 Å². The van der Waals surface area contributed by atoms with Gasteiger partial charge in [0.1, 0.15) is 5.75 Å².